The lowest BCUT2D eigenvalue weighted by atomic mass is 9.84. The second-order valence-corrected chi connectivity index (χ2v) is 6.16. The molecular weight excluding hydrogens is 338 g/mol. The second kappa shape index (κ2) is 6.33. The molecule has 0 fully saturated rings. The third-order valence-corrected chi connectivity index (χ3v) is 4.66. The number of phenolic OH excluding ortho intramolecular Hbond substituents is 1. The van der Waals surface area contributed by atoms with Crippen LogP contribution < -0.4 is 24.3 Å². The molecule has 1 atom stereocenters. The quantitative estimate of drug-likeness (QED) is 0.878. The molecule has 1 amide bonds. The van der Waals surface area contributed by atoms with Crippen LogP contribution in [0.5, 0.6) is 28.7 Å². The zero-order chi connectivity index (χ0) is 18.3. The van der Waals surface area contributed by atoms with E-state index in [-0.39, 0.29) is 24.0 Å². The van der Waals surface area contributed by atoms with Crippen LogP contribution in [0.3, 0.4) is 0 Å². The minimum atomic E-state index is -0.224. The van der Waals surface area contributed by atoms with Crippen LogP contribution in [0, 0.1) is 0 Å². The van der Waals surface area contributed by atoms with E-state index in [1.165, 1.54) is 14.2 Å². The van der Waals surface area contributed by atoms with Gasteiger partial charge in [-0.05, 0) is 29.3 Å². The first-order valence-corrected chi connectivity index (χ1v) is 8.29. The fraction of sp³-hybridized carbons (Fsp3) is 0.316. The first-order chi connectivity index (χ1) is 12.6. The average Bonchev–Trinajstić information content (AvgIpc) is 2.66. The number of fused-ring (bicyclic) bond motifs is 2. The van der Waals surface area contributed by atoms with Gasteiger partial charge in [0, 0.05) is 24.1 Å². The summed E-state index contributed by atoms with van der Waals surface area (Å²) in [5.74, 6) is 1.49. The lowest BCUT2D eigenvalue weighted by Gasteiger charge is -2.29. The molecule has 2 aliphatic rings. The summed E-state index contributed by atoms with van der Waals surface area (Å²) in [4.78, 5) is 12.3. The molecule has 2 aromatic carbocycles. The Morgan fingerprint density at radius 3 is 2.27 bits per heavy atom. The number of nitrogens with one attached hydrogen (secondary N) is 1. The van der Waals surface area contributed by atoms with Crippen molar-refractivity contribution in [2.75, 3.05) is 32.8 Å². The van der Waals surface area contributed by atoms with E-state index < -0.39 is 0 Å². The molecule has 4 rings (SSSR count). The molecule has 2 heterocycles. The van der Waals surface area contributed by atoms with Crippen molar-refractivity contribution in [3.05, 3.63) is 35.4 Å². The number of rotatable bonds is 3. The SMILES string of the molecule is COc1cc([C@@H]2CC(=O)Nc3cc4c(cc32)OCCO4)cc(OC)c1O. The Kier molecular flexibility index (Phi) is 3.99. The highest BCUT2D eigenvalue weighted by atomic mass is 16.6. The Balaban J connectivity index is 1.85. The standard InChI is InChI=1S/C19H19NO6/c1-23-16-5-10(6-17(24-2)19(16)22)11-8-18(21)20-13-9-15-14(7-12(11)13)25-3-4-26-15/h5-7,9,11,22H,3-4,8H2,1-2H3,(H,20,21)/t11-/m0/s1. The Morgan fingerprint density at radius 1 is 1.04 bits per heavy atom. The van der Waals surface area contributed by atoms with Crippen LogP contribution in [0.4, 0.5) is 5.69 Å². The van der Waals surface area contributed by atoms with Crippen LogP contribution in [-0.4, -0.2) is 38.4 Å². The first-order valence-electron chi connectivity index (χ1n) is 8.29. The maximum absolute atomic E-state index is 12.3. The number of benzene rings is 2. The largest absolute Gasteiger partial charge is 0.502 e. The summed E-state index contributed by atoms with van der Waals surface area (Å²) < 4.78 is 21.8. The van der Waals surface area contributed by atoms with E-state index in [0.29, 0.717) is 41.9 Å². The van der Waals surface area contributed by atoms with Crippen LogP contribution in [0.2, 0.25) is 0 Å². The van der Waals surface area contributed by atoms with Crippen molar-refractivity contribution < 1.29 is 28.8 Å². The highest BCUT2D eigenvalue weighted by molar-refractivity contribution is 5.96. The van der Waals surface area contributed by atoms with E-state index in [0.717, 1.165) is 11.1 Å². The summed E-state index contributed by atoms with van der Waals surface area (Å²) in [6.07, 6.45) is 0.268. The highest BCUT2D eigenvalue weighted by Crippen LogP contribution is 2.47. The number of hydrogen-bond donors (Lipinski definition) is 2. The van der Waals surface area contributed by atoms with Gasteiger partial charge in [0.2, 0.25) is 11.7 Å². The minimum Gasteiger partial charge on any atom is -0.502 e. The van der Waals surface area contributed by atoms with E-state index in [9.17, 15) is 9.90 Å². The van der Waals surface area contributed by atoms with E-state index in [2.05, 4.69) is 5.32 Å². The number of amides is 1. The number of ether oxygens (including phenoxy) is 4. The maximum Gasteiger partial charge on any atom is 0.225 e. The normalized spacial score (nSPS) is 17.9. The summed E-state index contributed by atoms with van der Waals surface area (Å²) in [6.45, 7) is 0.971. The Morgan fingerprint density at radius 2 is 1.65 bits per heavy atom. The van der Waals surface area contributed by atoms with E-state index in [4.69, 9.17) is 18.9 Å². The van der Waals surface area contributed by atoms with Crippen molar-refractivity contribution in [1.82, 2.24) is 0 Å². The van der Waals surface area contributed by atoms with Gasteiger partial charge in [0.25, 0.3) is 0 Å². The first kappa shape index (κ1) is 16.4. The molecule has 2 aliphatic heterocycles. The molecule has 136 valence electrons. The smallest absolute Gasteiger partial charge is 0.225 e. The van der Waals surface area contributed by atoms with Gasteiger partial charge in [0.05, 0.1) is 14.2 Å². The predicted molar refractivity (Wildman–Crippen MR) is 93.7 cm³/mol. The monoisotopic (exact) mass is 357 g/mol. The maximum atomic E-state index is 12.3. The summed E-state index contributed by atoms with van der Waals surface area (Å²) >= 11 is 0. The van der Waals surface area contributed by atoms with Crippen LogP contribution in [-0.2, 0) is 4.79 Å². The van der Waals surface area contributed by atoms with Crippen LogP contribution in [0.25, 0.3) is 0 Å². The zero-order valence-corrected chi connectivity index (χ0v) is 14.5. The molecule has 7 heteroatoms. The molecule has 0 spiro atoms. The Bertz CT molecular complexity index is 854. The van der Waals surface area contributed by atoms with Crippen LogP contribution in [0.1, 0.15) is 23.5 Å². The highest BCUT2D eigenvalue weighted by Gasteiger charge is 2.30. The summed E-state index contributed by atoms with van der Waals surface area (Å²) in [7, 11) is 2.95. The van der Waals surface area contributed by atoms with E-state index >= 15 is 0 Å². The van der Waals surface area contributed by atoms with Gasteiger partial charge < -0.3 is 29.4 Å². The molecule has 26 heavy (non-hydrogen) atoms. The summed E-state index contributed by atoms with van der Waals surface area (Å²) in [5.41, 5.74) is 2.43. The molecule has 0 aromatic heterocycles. The molecule has 2 aromatic rings. The number of anilines is 1. The van der Waals surface area contributed by atoms with Crippen molar-refractivity contribution in [3.63, 3.8) is 0 Å². The van der Waals surface area contributed by atoms with Gasteiger partial charge in [0.15, 0.2) is 23.0 Å². The number of aromatic hydroxyl groups is 1. The number of methoxy groups -OCH3 is 2. The average molecular weight is 357 g/mol. The van der Waals surface area contributed by atoms with Crippen molar-refractivity contribution >= 4 is 11.6 Å². The summed E-state index contributed by atoms with van der Waals surface area (Å²) in [5, 5.41) is 13.0. The third-order valence-electron chi connectivity index (χ3n) is 4.66. The third kappa shape index (κ3) is 2.65. The fourth-order valence-electron chi connectivity index (χ4n) is 3.41. The van der Waals surface area contributed by atoms with Crippen molar-refractivity contribution in [2.24, 2.45) is 0 Å². The van der Waals surface area contributed by atoms with Crippen LogP contribution in [0.15, 0.2) is 24.3 Å². The van der Waals surface area contributed by atoms with E-state index in [1.807, 2.05) is 6.07 Å². The lowest BCUT2D eigenvalue weighted by Crippen LogP contribution is -2.24. The van der Waals surface area contributed by atoms with Gasteiger partial charge in [-0.3, -0.25) is 4.79 Å². The Hall–Kier alpha value is -3.09. The molecule has 0 saturated carbocycles. The molecule has 0 unspecified atom stereocenters. The van der Waals surface area contributed by atoms with Gasteiger partial charge >= 0.3 is 0 Å². The molecule has 0 aliphatic carbocycles. The van der Waals surface area contributed by atoms with E-state index in [1.54, 1.807) is 18.2 Å². The molecule has 2 N–H and O–H groups in total. The topological polar surface area (TPSA) is 86.3 Å². The van der Waals surface area contributed by atoms with Crippen molar-refractivity contribution in [3.8, 4) is 28.7 Å². The van der Waals surface area contributed by atoms with Gasteiger partial charge in [-0.25, -0.2) is 0 Å². The fourth-order valence-corrected chi connectivity index (χ4v) is 3.41. The van der Waals surface area contributed by atoms with Crippen molar-refractivity contribution in [1.29, 1.82) is 0 Å². The van der Waals surface area contributed by atoms with Crippen LogP contribution >= 0.6 is 0 Å². The minimum absolute atomic E-state index is 0.0681. The van der Waals surface area contributed by atoms with Gasteiger partial charge in [-0.2, -0.15) is 0 Å². The molecular formula is C19H19NO6. The summed E-state index contributed by atoms with van der Waals surface area (Å²) in [6, 6.07) is 7.14. The number of carbonyl (C=O) groups excluding carboxylic acids is 1. The van der Waals surface area contributed by atoms with Gasteiger partial charge in [0.1, 0.15) is 13.2 Å². The Labute approximate surface area is 150 Å². The number of carbonyl (C=O) groups is 1. The van der Waals surface area contributed by atoms with Gasteiger partial charge in [-0.1, -0.05) is 0 Å². The zero-order valence-electron chi connectivity index (χ0n) is 14.5. The molecule has 0 bridgehead atoms. The van der Waals surface area contributed by atoms with Gasteiger partial charge in [-0.15, -0.1) is 0 Å². The second-order valence-electron chi connectivity index (χ2n) is 6.16. The van der Waals surface area contributed by atoms with Crippen molar-refractivity contribution in [2.45, 2.75) is 12.3 Å². The molecule has 0 saturated heterocycles. The molecule has 7 nitrogen and oxygen atoms in total. The number of phenols is 1. The molecule has 0 radical (unpaired) electrons. The lowest BCUT2D eigenvalue weighted by molar-refractivity contribution is -0.116. The number of hydrogen-bond acceptors (Lipinski definition) is 6. The predicted octanol–water partition coefficient (Wildman–Crippen LogP) is 2.65.